The molecule has 0 aliphatic carbocycles. The van der Waals surface area contributed by atoms with Gasteiger partial charge in [-0.15, -0.1) is 12.0 Å². The zero-order valence-electron chi connectivity index (χ0n) is 6.05. The van der Waals surface area contributed by atoms with Gasteiger partial charge in [-0.05, 0) is 5.19 Å². The van der Waals surface area contributed by atoms with Gasteiger partial charge < -0.3 is 0 Å². The molecule has 0 fully saturated rings. The van der Waals surface area contributed by atoms with Crippen LogP contribution in [0.4, 0.5) is 4.39 Å². The molecule has 1 aromatic rings. The van der Waals surface area contributed by atoms with Crippen molar-refractivity contribution in [3.05, 3.63) is 30.3 Å². The molecule has 0 aliphatic rings. The van der Waals surface area contributed by atoms with Gasteiger partial charge >= 0.3 is 0 Å². The predicted octanol–water partition coefficient (Wildman–Crippen LogP) is 1.07. The minimum Gasteiger partial charge on any atom is -0.253 e. The molecule has 0 unspecified atom stereocenters. The lowest BCUT2D eigenvalue weighted by molar-refractivity contribution is 0.592. The molecular weight excluding hydrogens is 155 g/mol. The van der Waals surface area contributed by atoms with Crippen molar-refractivity contribution in [2.75, 3.05) is 6.30 Å². The van der Waals surface area contributed by atoms with Crippen LogP contribution in [0.1, 0.15) is 0 Å². The van der Waals surface area contributed by atoms with Gasteiger partial charge in [0.1, 0.15) is 0 Å². The first kappa shape index (κ1) is 8.03. The highest BCUT2D eigenvalue weighted by Gasteiger charge is 2.09. The summed E-state index contributed by atoms with van der Waals surface area (Å²) in [6, 6.07) is 9.43. The maximum Gasteiger partial charge on any atom is 0.213 e. The van der Waals surface area contributed by atoms with Crippen molar-refractivity contribution in [2.45, 2.75) is 0 Å². The fourth-order valence-electron chi connectivity index (χ4n) is 0.838. The minimum atomic E-state index is -1.34. The third kappa shape index (κ3) is 1.92. The van der Waals surface area contributed by atoms with E-state index in [-0.39, 0.29) is 6.30 Å². The summed E-state index contributed by atoms with van der Waals surface area (Å²) in [5.74, 6) is 0. The van der Waals surface area contributed by atoms with Crippen molar-refractivity contribution in [1.29, 1.82) is 0 Å². The van der Waals surface area contributed by atoms with Crippen molar-refractivity contribution < 1.29 is 4.39 Å². The minimum absolute atomic E-state index is 0.384. The smallest absolute Gasteiger partial charge is 0.213 e. The lowest BCUT2D eigenvalue weighted by atomic mass is 10.4. The fourth-order valence-corrected chi connectivity index (χ4v) is 1.83. The van der Waals surface area contributed by atoms with E-state index in [1.165, 1.54) is 0 Å². The fraction of sp³-hybridized carbons (Fsp3) is 0.111. The quantitative estimate of drug-likeness (QED) is 0.452. The van der Waals surface area contributed by atoms with E-state index >= 15 is 0 Å². The van der Waals surface area contributed by atoms with Crippen LogP contribution in [-0.4, -0.2) is 15.1 Å². The Kier molecular flexibility index (Phi) is 2.88. The van der Waals surface area contributed by atoms with Crippen LogP contribution < -0.4 is 5.19 Å². The maximum atomic E-state index is 12.2. The number of rotatable bonds is 2. The van der Waals surface area contributed by atoms with E-state index in [2.05, 4.69) is 5.54 Å². The SMILES string of the molecule is C#C[Si](CF)c1ccccc1. The molecule has 0 saturated heterocycles. The second-order valence-electron chi connectivity index (χ2n) is 2.12. The third-order valence-corrected chi connectivity index (χ3v) is 3.08. The molecule has 1 aromatic carbocycles. The number of halogens is 1. The zero-order valence-corrected chi connectivity index (χ0v) is 7.05. The van der Waals surface area contributed by atoms with Crippen LogP contribution >= 0.6 is 0 Å². The first-order valence-electron chi connectivity index (χ1n) is 3.32. The topological polar surface area (TPSA) is 0 Å². The van der Waals surface area contributed by atoms with Crippen LogP contribution in [0, 0.1) is 12.0 Å². The van der Waals surface area contributed by atoms with Crippen molar-refractivity contribution >= 4 is 14.0 Å². The van der Waals surface area contributed by atoms with Crippen molar-refractivity contribution in [2.24, 2.45) is 0 Å². The molecule has 0 bridgehead atoms. The van der Waals surface area contributed by atoms with Crippen molar-refractivity contribution in [1.82, 2.24) is 0 Å². The predicted molar refractivity (Wildman–Crippen MR) is 46.6 cm³/mol. The maximum absolute atomic E-state index is 12.2. The normalized spacial score (nSPS) is 9.55. The molecule has 2 heteroatoms. The highest BCUT2D eigenvalue weighted by Crippen LogP contribution is 1.88. The van der Waals surface area contributed by atoms with Gasteiger partial charge in [0.25, 0.3) is 0 Å². The van der Waals surface area contributed by atoms with Crippen LogP contribution in [0.5, 0.6) is 0 Å². The highest BCUT2D eigenvalue weighted by molar-refractivity contribution is 6.80. The first-order valence-corrected chi connectivity index (χ1v) is 5.03. The van der Waals surface area contributed by atoms with Gasteiger partial charge in [-0.1, -0.05) is 30.3 Å². The summed E-state index contributed by atoms with van der Waals surface area (Å²) >= 11 is 0. The molecule has 11 heavy (non-hydrogen) atoms. The Morgan fingerprint density at radius 3 is 2.45 bits per heavy atom. The van der Waals surface area contributed by atoms with E-state index in [0.717, 1.165) is 5.19 Å². The summed E-state index contributed by atoms with van der Waals surface area (Å²) in [5, 5.41) is 0.975. The lowest BCUT2D eigenvalue weighted by Gasteiger charge is -2.01. The number of hydrogen-bond acceptors (Lipinski definition) is 0. The molecular formula is C9H8FSi. The molecule has 55 valence electrons. The molecule has 0 nitrogen and oxygen atoms in total. The second-order valence-corrected chi connectivity index (χ2v) is 4.21. The van der Waals surface area contributed by atoms with Gasteiger partial charge in [-0.2, -0.15) is 0 Å². The second kappa shape index (κ2) is 3.94. The van der Waals surface area contributed by atoms with Crippen LogP contribution in [0.25, 0.3) is 0 Å². The van der Waals surface area contributed by atoms with E-state index in [1.54, 1.807) is 0 Å². The molecule has 0 atom stereocenters. The summed E-state index contributed by atoms with van der Waals surface area (Å²) in [6.07, 6.45) is 4.79. The van der Waals surface area contributed by atoms with E-state index in [9.17, 15) is 4.39 Å². The van der Waals surface area contributed by atoms with Gasteiger partial charge in [0, 0.05) is 0 Å². The van der Waals surface area contributed by atoms with Gasteiger partial charge in [0.2, 0.25) is 8.80 Å². The first-order chi connectivity index (χ1) is 5.38. The molecule has 0 aliphatic heterocycles. The Balaban J connectivity index is 2.85. The number of alkyl halides is 1. The van der Waals surface area contributed by atoms with E-state index in [1.807, 2.05) is 30.3 Å². The molecule has 0 saturated carbocycles. The molecule has 1 radical (unpaired) electrons. The summed E-state index contributed by atoms with van der Waals surface area (Å²) < 4.78 is 12.2. The average Bonchev–Trinajstić information content (AvgIpc) is 2.09. The van der Waals surface area contributed by atoms with Crippen LogP contribution in [0.3, 0.4) is 0 Å². The van der Waals surface area contributed by atoms with Gasteiger partial charge in [0.05, 0.1) is 6.30 Å². The van der Waals surface area contributed by atoms with E-state index < -0.39 is 8.80 Å². The van der Waals surface area contributed by atoms with Crippen LogP contribution in [-0.2, 0) is 0 Å². The number of hydrogen-bond donors (Lipinski definition) is 0. The molecule has 0 N–H and O–H groups in total. The zero-order chi connectivity index (χ0) is 8.10. The van der Waals surface area contributed by atoms with Gasteiger partial charge in [-0.3, -0.25) is 4.39 Å². The molecule has 0 heterocycles. The Morgan fingerprint density at radius 1 is 1.36 bits per heavy atom. The average molecular weight is 163 g/mol. The monoisotopic (exact) mass is 163 g/mol. The summed E-state index contributed by atoms with van der Waals surface area (Å²) in [7, 11) is -1.34. The third-order valence-electron chi connectivity index (χ3n) is 1.43. The highest BCUT2D eigenvalue weighted by atomic mass is 28.3. The van der Waals surface area contributed by atoms with E-state index in [4.69, 9.17) is 6.42 Å². The Morgan fingerprint density at radius 2 is 2.00 bits per heavy atom. The molecule has 1 rings (SSSR count). The molecule has 0 amide bonds. The Labute approximate surface area is 67.7 Å². The number of terminal acetylenes is 1. The number of benzene rings is 1. The van der Waals surface area contributed by atoms with Crippen LogP contribution in [0.2, 0.25) is 0 Å². The lowest BCUT2D eigenvalue weighted by Crippen LogP contribution is -2.30. The van der Waals surface area contributed by atoms with Gasteiger partial charge in [-0.25, -0.2) is 0 Å². The molecule has 0 spiro atoms. The standard InChI is InChI=1S/C9H8FSi/c1-2-11(8-10)9-6-4-3-5-7-9/h1,3-7H,8H2. The Hall–Kier alpha value is -1.07. The van der Waals surface area contributed by atoms with Crippen molar-refractivity contribution in [3.8, 4) is 12.0 Å². The van der Waals surface area contributed by atoms with Crippen LogP contribution in [0.15, 0.2) is 30.3 Å². The van der Waals surface area contributed by atoms with Crippen molar-refractivity contribution in [3.63, 3.8) is 0 Å². The summed E-state index contributed by atoms with van der Waals surface area (Å²) in [5.41, 5.74) is 2.49. The van der Waals surface area contributed by atoms with Gasteiger partial charge in [0.15, 0.2) is 0 Å². The summed E-state index contributed by atoms with van der Waals surface area (Å²) in [6.45, 7) is 0. The largest absolute Gasteiger partial charge is 0.253 e. The summed E-state index contributed by atoms with van der Waals surface area (Å²) in [4.78, 5) is 0. The Bertz CT molecular complexity index is 250. The molecule has 0 aromatic heterocycles. The van der Waals surface area contributed by atoms with E-state index in [0.29, 0.717) is 0 Å².